The van der Waals surface area contributed by atoms with Crippen molar-refractivity contribution >= 4 is 46.6 Å². The van der Waals surface area contributed by atoms with Crippen LogP contribution in [-0.2, 0) is 11.3 Å². The lowest BCUT2D eigenvalue weighted by atomic mass is 10.2. The van der Waals surface area contributed by atoms with E-state index in [0.717, 1.165) is 9.75 Å². The van der Waals surface area contributed by atoms with Crippen molar-refractivity contribution < 1.29 is 4.79 Å². The molecule has 0 aliphatic carbocycles. The number of nitriles is 1. The summed E-state index contributed by atoms with van der Waals surface area (Å²) in [5.41, 5.74) is 3.59. The van der Waals surface area contributed by atoms with E-state index in [4.69, 9.17) is 0 Å². The third kappa shape index (κ3) is 3.99. The van der Waals surface area contributed by atoms with Crippen LogP contribution in [-0.4, -0.2) is 28.2 Å². The predicted octanol–water partition coefficient (Wildman–Crippen LogP) is 3.42. The van der Waals surface area contributed by atoms with E-state index in [-0.39, 0.29) is 12.5 Å². The second-order valence-corrected chi connectivity index (χ2v) is 7.51. The number of carbonyl (C=O) groups excluding carboxylic acids is 1. The lowest BCUT2D eigenvalue weighted by Crippen LogP contribution is -2.24. The van der Waals surface area contributed by atoms with Crippen molar-refractivity contribution in [1.29, 1.82) is 5.26 Å². The number of amides is 1. The van der Waals surface area contributed by atoms with Crippen LogP contribution >= 0.6 is 34.4 Å². The van der Waals surface area contributed by atoms with E-state index in [2.05, 4.69) is 21.7 Å². The Labute approximate surface area is 156 Å². The Kier molecular flexibility index (Phi) is 5.65. The van der Waals surface area contributed by atoms with Gasteiger partial charge in [-0.05, 0) is 29.1 Å². The Morgan fingerprint density at radius 3 is 2.88 bits per heavy atom. The highest BCUT2D eigenvalue weighted by Gasteiger charge is 2.20. The molecule has 1 amide bonds. The molecule has 0 atom stereocenters. The first-order valence-corrected chi connectivity index (χ1v) is 10.2. The summed E-state index contributed by atoms with van der Waals surface area (Å²) in [6.45, 7) is -0.00198. The molecular formula is C16H13N5OS3. The highest BCUT2D eigenvalue weighted by Crippen LogP contribution is 2.32. The molecule has 0 saturated carbocycles. The summed E-state index contributed by atoms with van der Waals surface area (Å²) in [7, 11) is 0. The average Bonchev–Trinajstić information content (AvgIpc) is 3.35. The van der Waals surface area contributed by atoms with E-state index in [1.54, 1.807) is 10.9 Å². The molecule has 0 aliphatic heterocycles. The number of hydrogen-bond acceptors (Lipinski definition) is 7. The summed E-state index contributed by atoms with van der Waals surface area (Å²) < 4.78 is 1.55. The Hall–Kier alpha value is -2.41. The van der Waals surface area contributed by atoms with Crippen molar-refractivity contribution in [3.63, 3.8) is 0 Å². The van der Waals surface area contributed by atoms with Gasteiger partial charge in [0.15, 0.2) is 0 Å². The minimum absolute atomic E-state index is 0.00198. The van der Waals surface area contributed by atoms with E-state index in [1.807, 2.05) is 41.3 Å². The van der Waals surface area contributed by atoms with Gasteiger partial charge in [0.25, 0.3) is 5.91 Å². The molecule has 0 fully saturated rings. The smallest absolute Gasteiger partial charge is 0.261 e. The first-order valence-electron chi connectivity index (χ1n) is 7.17. The second kappa shape index (κ2) is 8.11. The van der Waals surface area contributed by atoms with Gasteiger partial charge < -0.3 is 0 Å². The van der Waals surface area contributed by atoms with Gasteiger partial charge in [0.2, 0.25) is 0 Å². The largest absolute Gasteiger partial charge is 0.271 e. The van der Waals surface area contributed by atoms with Gasteiger partial charge in [0, 0.05) is 4.88 Å². The zero-order chi connectivity index (χ0) is 17.6. The first kappa shape index (κ1) is 17.4. The van der Waals surface area contributed by atoms with E-state index in [0.29, 0.717) is 16.3 Å². The SMILES string of the molecule is CSc1c(C#N)c(-c2cccs2)nn1CC(=O)N/N=C/c1cccs1. The topological polar surface area (TPSA) is 83.1 Å². The molecule has 3 heterocycles. The van der Waals surface area contributed by atoms with E-state index >= 15 is 0 Å². The number of hydrazone groups is 1. The Balaban J connectivity index is 1.78. The molecule has 3 rings (SSSR count). The fraction of sp³-hybridized carbons (Fsp3) is 0.125. The van der Waals surface area contributed by atoms with E-state index < -0.39 is 0 Å². The fourth-order valence-corrected chi connectivity index (χ4v) is 4.11. The fourth-order valence-electron chi connectivity index (χ4n) is 2.15. The maximum absolute atomic E-state index is 12.1. The second-order valence-electron chi connectivity index (χ2n) is 4.79. The predicted molar refractivity (Wildman–Crippen MR) is 102 cm³/mol. The minimum Gasteiger partial charge on any atom is -0.271 e. The summed E-state index contributed by atoms with van der Waals surface area (Å²) in [4.78, 5) is 14.0. The van der Waals surface area contributed by atoms with Gasteiger partial charge in [-0.1, -0.05) is 12.1 Å². The lowest BCUT2D eigenvalue weighted by molar-refractivity contribution is -0.121. The Bertz CT molecular complexity index is 920. The molecule has 0 saturated heterocycles. The maximum Gasteiger partial charge on any atom is 0.261 e. The van der Waals surface area contributed by atoms with Crippen LogP contribution in [0.3, 0.4) is 0 Å². The van der Waals surface area contributed by atoms with Crippen LogP contribution < -0.4 is 5.43 Å². The third-order valence-corrected chi connectivity index (χ3v) is 5.67. The van der Waals surface area contributed by atoms with Gasteiger partial charge in [-0.2, -0.15) is 15.5 Å². The van der Waals surface area contributed by atoms with Crippen LogP contribution in [0, 0.1) is 11.3 Å². The molecule has 0 unspecified atom stereocenters. The van der Waals surface area contributed by atoms with Crippen LogP contribution in [0.5, 0.6) is 0 Å². The van der Waals surface area contributed by atoms with E-state index in [9.17, 15) is 10.1 Å². The molecule has 1 N–H and O–H groups in total. The summed E-state index contributed by atoms with van der Waals surface area (Å²) in [5, 5.41) is 22.4. The minimum atomic E-state index is -0.298. The van der Waals surface area contributed by atoms with Crippen molar-refractivity contribution in [2.24, 2.45) is 5.10 Å². The quantitative estimate of drug-likeness (QED) is 0.399. The molecule has 0 aliphatic rings. The highest BCUT2D eigenvalue weighted by atomic mass is 32.2. The zero-order valence-corrected chi connectivity index (χ0v) is 15.6. The number of thiophene rings is 2. The summed E-state index contributed by atoms with van der Waals surface area (Å²) >= 11 is 4.44. The number of hydrogen-bond donors (Lipinski definition) is 1. The van der Waals surface area contributed by atoms with Crippen LogP contribution in [0.25, 0.3) is 10.6 Å². The standard InChI is InChI=1S/C16H13N5OS3/c1-23-16-12(8-17)15(13-5-3-7-25-13)20-21(16)10-14(22)19-18-9-11-4-2-6-24-11/h2-7,9H,10H2,1H3,(H,19,22)/b18-9+. The maximum atomic E-state index is 12.1. The van der Waals surface area contributed by atoms with Gasteiger partial charge in [0.05, 0.1) is 11.1 Å². The molecular weight excluding hydrogens is 374 g/mol. The Morgan fingerprint density at radius 1 is 1.44 bits per heavy atom. The number of nitrogens with one attached hydrogen (secondary N) is 1. The van der Waals surface area contributed by atoms with Gasteiger partial charge in [-0.15, -0.1) is 34.4 Å². The first-order chi connectivity index (χ1) is 12.2. The molecule has 0 spiro atoms. The molecule has 126 valence electrons. The molecule has 6 nitrogen and oxygen atoms in total. The van der Waals surface area contributed by atoms with Crippen LogP contribution in [0.15, 0.2) is 45.2 Å². The molecule has 9 heteroatoms. The van der Waals surface area contributed by atoms with Crippen molar-refractivity contribution in [1.82, 2.24) is 15.2 Å². The normalized spacial score (nSPS) is 10.9. The van der Waals surface area contributed by atoms with Gasteiger partial charge in [-0.3, -0.25) is 4.79 Å². The van der Waals surface area contributed by atoms with Crippen molar-refractivity contribution in [2.45, 2.75) is 11.6 Å². The van der Waals surface area contributed by atoms with Crippen LogP contribution in [0.2, 0.25) is 0 Å². The number of nitrogens with zero attached hydrogens (tertiary/aromatic N) is 4. The monoisotopic (exact) mass is 387 g/mol. The zero-order valence-electron chi connectivity index (χ0n) is 13.2. The summed E-state index contributed by atoms with van der Waals surface area (Å²) in [5.74, 6) is -0.298. The van der Waals surface area contributed by atoms with Gasteiger partial charge >= 0.3 is 0 Å². The van der Waals surface area contributed by atoms with E-state index in [1.165, 1.54) is 34.4 Å². The number of aromatic nitrogens is 2. The average molecular weight is 388 g/mol. The molecule has 3 aromatic heterocycles. The molecule has 3 aromatic rings. The lowest BCUT2D eigenvalue weighted by Gasteiger charge is -2.04. The number of thioether (sulfide) groups is 1. The molecule has 0 radical (unpaired) electrons. The molecule has 0 aromatic carbocycles. The number of carbonyl (C=O) groups is 1. The van der Waals surface area contributed by atoms with Gasteiger partial charge in [0.1, 0.15) is 28.9 Å². The highest BCUT2D eigenvalue weighted by molar-refractivity contribution is 7.98. The number of rotatable bonds is 6. The summed E-state index contributed by atoms with van der Waals surface area (Å²) in [6, 6.07) is 9.84. The molecule has 0 bridgehead atoms. The third-order valence-electron chi connectivity index (χ3n) is 3.18. The molecule has 25 heavy (non-hydrogen) atoms. The van der Waals surface area contributed by atoms with Crippen LogP contribution in [0.1, 0.15) is 10.4 Å². The van der Waals surface area contributed by atoms with Crippen molar-refractivity contribution in [2.75, 3.05) is 6.26 Å². The van der Waals surface area contributed by atoms with Gasteiger partial charge in [-0.25, -0.2) is 10.1 Å². The summed E-state index contributed by atoms with van der Waals surface area (Å²) in [6.07, 6.45) is 3.46. The Morgan fingerprint density at radius 2 is 2.24 bits per heavy atom. The van der Waals surface area contributed by atoms with Crippen molar-refractivity contribution in [3.05, 3.63) is 45.5 Å². The van der Waals surface area contributed by atoms with Crippen molar-refractivity contribution in [3.8, 4) is 16.6 Å². The van der Waals surface area contributed by atoms with Crippen LogP contribution in [0.4, 0.5) is 0 Å².